The Morgan fingerprint density at radius 3 is 1.19 bits per heavy atom. The van der Waals surface area contributed by atoms with E-state index >= 15 is 0 Å². The van der Waals surface area contributed by atoms with Crippen LogP contribution >= 0.6 is 46.4 Å². The number of hydrogen-bond donors (Lipinski definition) is 4. The first kappa shape index (κ1) is 54.2. The van der Waals surface area contributed by atoms with Gasteiger partial charge in [0.2, 0.25) is 12.1 Å². The first-order valence-electron chi connectivity index (χ1n) is 20.4. The second-order valence-corrected chi connectivity index (χ2v) is 16.4. The number of ketones is 2. The average Bonchev–Trinajstić information content (AvgIpc) is 3.28. The highest BCUT2D eigenvalue weighted by molar-refractivity contribution is 6.38. The number of Topliss-reactive ketones (excluding diaryl/α,β-unsaturated/α-hetero) is 2. The number of carbonyl (C=O) groups excluding carboxylic acids is 6. The lowest BCUT2D eigenvalue weighted by Crippen LogP contribution is -2.33. The lowest BCUT2D eigenvalue weighted by atomic mass is 10.0. The molecule has 2 unspecified atom stereocenters. The Hall–Kier alpha value is -6.74. The number of anilines is 4. The van der Waals surface area contributed by atoms with Gasteiger partial charge in [-0.1, -0.05) is 84.5 Å². The van der Waals surface area contributed by atoms with Crippen molar-refractivity contribution in [1.29, 1.82) is 0 Å². The van der Waals surface area contributed by atoms with Crippen LogP contribution in [0, 0.1) is 0 Å². The van der Waals surface area contributed by atoms with E-state index in [2.05, 4.69) is 41.7 Å². The van der Waals surface area contributed by atoms with E-state index in [4.69, 9.17) is 46.4 Å². The number of aryl methyl sites for hydroxylation is 2. The molecule has 4 N–H and O–H groups in total. The smallest absolute Gasteiger partial charge is 0.323 e. The molecule has 0 heterocycles. The topological polar surface area (TPSA) is 200 Å². The van der Waals surface area contributed by atoms with E-state index < -0.39 is 92.2 Å². The summed E-state index contributed by atoms with van der Waals surface area (Å²) in [6.07, 6.45) is -9.22. The highest BCUT2D eigenvalue weighted by atomic mass is 35.5. The summed E-state index contributed by atoms with van der Waals surface area (Å²) in [5.41, 5.74) is -3.62. The quantitative estimate of drug-likeness (QED) is 0.0430. The van der Waals surface area contributed by atoms with E-state index in [0.717, 1.165) is 50.2 Å². The first-order chi connectivity index (χ1) is 32.9. The Morgan fingerprint density at radius 1 is 0.529 bits per heavy atom. The number of carbonyl (C=O) groups is 6. The minimum atomic E-state index is -4.86. The molecule has 366 valence electrons. The Bertz CT molecular complexity index is 2770. The molecule has 0 aromatic heterocycles. The van der Waals surface area contributed by atoms with E-state index in [1.165, 1.54) is 48.5 Å². The van der Waals surface area contributed by atoms with Crippen molar-refractivity contribution in [1.82, 2.24) is 0 Å². The van der Waals surface area contributed by atoms with Gasteiger partial charge in [-0.3, -0.25) is 28.8 Å². The van der Waals surface area contributed by atoms with Crippen LogP contribution in [-0.2, 0) is 44.4 Å². The second kappa shape index (κ2) is 22.8. The Labute approximate surface area is 414 Å². The summed E-state index contributed by atoms with van der Waals surface area (Å²) in [7, 11) is 0. The van der Waals surface area contributed by atoms with E-state index in [9.17, 15) is 55.1 Å². The Balaban J connectivity index is 1.33. The number of nitrogens with zero attached hydrogens (tertiary/aromatic N) is 4. The molecular formula is C46H36Cl4F6N8O6. The van der Waals surface area contributed by atoms with Crippen molar-refractivity contribution in [2.45, 2.75) is 65.0 Å². The van der Waals surface area contributed by atoms with Crippen molar-refractivity contribution >= 4 is 116 Å². The normalized spacial score (nSPS) is 12.7. The van der Waals surface area contributed by atoms with Gasteiger partial charge in [0.05, 0.1) is 53.7 Å². The zero-order chi connectivity index (χ0) is 51.8. The largest absolute Gasteiger partial charge is 0.418 e. The molecule has 70 heavy (non-hydrogen) atoms. The third-order valence-electron chi connectivity index (χ3n) is 10.00. The number of azo groups is 2. The van der Waals surface area contributed by atoms with Crippen LogP contribution in [0.25, 0.3) is 0 Å². The van der Waals surface area contributed by atoms with E-state index in [1.807, 2.05) is 0 Å². The van der Waals surface area contributed by atoms with Crippen molar-refractivity contribution < 1.29 is 55.1 Å². The monoisotopic (exact) mass is 1050 g/mol. The van der Waals surface area contributed by atoms with E-state index in [1.54, 1.807) is 13.8 Å². The van der Waals surface area contributed by atoms with Crippen LogP contribution < -0.4 is 21.3 Å². The van der Waals surface area contributed by atoms with Crippen LogP contribution in [0.1, 0.15) is 70.7 Å². The summed E-state index contributed by atoms with van der Waals surface area (Å²) < 4.78 is 81.9. The van der Waals surface area contributed by atoms with Crippen LogP contribution in [0.5, 0.6) is 0 Å². The summed E-state index contributed by atoms with van der Waals surface area (Å²) in [4.78, 5) is 78.9. The summed E-state index contributed by atoms with van der Waals surface area (Å²) in [6.45, 7) is 5.57. The van der Waals surface area contributed by atoms with Crippen LogP contribution in [0.4, 0.5) is 60.5 Å². The molecule has 4 amide bonds. The Kier molecular flexibility index (Phi) is 17.6. The number of amides is 4. The van der Waals surface area contributed by atoms with Gasteiger partial charge in [0.25, 0.3) is 23.6 Å². The van der Waals surface area contributed by atoms with Crippen LogP contribution in [0.15, 0.2) is 105 Å². The number of rotatable bonds is 16. The zero-order valence-corrected chi connectivity index (χ0v) is 39.7. The van der Waals surface area contributed by atoms with Gasteiger partial charge in [-0.15, -0.1) is 0 Å². The fraction of sp³-hybridized carbons (Fsp3) is 0.217. The van der Waals surface area contributed by atoms with Gasteiger partial charge in [0, 0.05) is 11.4 Å². The van der Waals surface area contributed by atoms with E-state index in [0.29, 0.717) is 11.1 Å². The molecule has 0 saturated carbocycles. The molecule has 0 aliphatic rings. The highest BCUT2D eigenvalue weighted by Crippen LogP contribution is 2.41. The minimum absolute atomic E-state index is 0.212. The number of hydrogen-bond acceptors (Lipinski definition) is 10. The summed E-state index contributed by atoms with van der Waals surface area (Å²) in [5.74, 6) is -5.58. The molecule has 5 rings (SSSR count). The van der Waals surface area contributed by atoms with E-state index in [-0.39, 0.29) is 56.8 Å². The predicted molar refractivity (Wildman–Crippen MR) is 252 cm³/mol. The summed E-state index contributed by atoms with van der Waals surface area (Å²) in [6, 6.07) is 12.9. The molecule has 0 bridgehead atoms. The molecule has 0 fully saturated rings. The second-order valence-electron chi connectivity index (χ2n) is 14.8. The number of nitrogens with one attached hydrogen (secondary N) is 4. The molecule has 0 aliphatic carbocycles. The predicted octanol–water partition coefficient (Wildman–Crippen LogP) is 13.3. The lowest BCUT2D eigenvalue weighted by Gasteiger charge is -2.18. The van der Waals surface area contributed by atoms with Crippen molar-refractivity contribution in [2.75, 3.05) is 21.3 Å². The molecule has 5 aromatic rings. The van der Waals surface area contributed by atoms with Crippen molar-refractivity contribution in [2.24, 2.45) is 20.5 Å². The van der Waals surface area contributed by atoms with Gasteiger partial charge in [-0.05, 0) is 98.5 Å². The number of halogens is 10. The molecule has 0 radical (unpaired) electrons. The summed E-state index contributed by atoms with van der Waals surface area (Å²) in [5, 5.41) is 23.6. The maximum atomic E-state index is 13.7. The molecule has 0 spiro atoms. The zero-order valence-electron chi connectivity index (χ0n) is 36.7. The van der Waals surface area contributed by atoms with Gasteiger partial charge in [-0.2, -0.15) is 46.8 Å². The fourth-order valence-electron chi connectivity index (χ4n) is 6.47. The third kappa shape index (κ3) is 12.9. The van der Waals surface area contributed by atoms with Gasteiger partial charge >= 0.3 is 12.4 Å². The number of para-hydroxylation sites is 2. The van der Waals surface area contributed by atoms with Crippen LogP contribution in [-0.4, -0.2) is 47.3 Å². The van der Waals surface area contributed by atoms with Gasteiger partial charge in [-0.25, -0.2) is 0 Å². The van der Waals surface area contributed by atoms with Crippen LogP contribution in [0.2, 0.25) is 20.1 Å². The summed E-state index contributed by atoms with van der Waals surface area (Å²) >= 11 is 24.8. The molecular weight excluding hydrogens is 1020 g/mol. The number of benzene rings is 5. The van der Waals surface area contributed by atoms with Gasteiger partial charge < -0.3 is 21.3 Å². The van der Waals surface area contributed by atoms with Crippen molar-refractivity contribution in [3.8, 4) is 0 Å². The molecule has 24 heteroatoms. The molecule has 0 saturated heterocycles. The van der Waals surface area contributed by atoms with Crippen molar-refractivity contribution in [3.63, 3.8) is 0 Å². The maximum Gasteiger partial charge on any atom is 0.418 e. The lowest BCUT2D eigenvalue weighted by molar-refractivity contribution is -0.137. The van der Waals surface area contributed by atoms with Crippen molar-refractivity contribution in [3.05, 3.63) is 138 Å². The molecule has 14 nitrogen and oxygen atoms in total. The van der Waals surface area contributed by atoms with Gasteiger partial charge in [0.15, 0.2) is 11.6 Å². The minimum Gasteiger partial charge on any atom is -0.323 e. The SMILES string of the molecule is CCc1cc(NC(=O)C(N=Nc2cccc(C(=O)Nc3c(Cl)cccc3C(F)(F)F)c2Cl)C(C)=O)c(CC)cc1NC(=O)C(N=Nc1cccc(C(=O)Nc2c(Cl)cccc2C(F)(F)F)c1Cl)C(C)=O. The molecule has 0 aliphatic heterocycles. The third-order valence-corrected chi connectivity index (χ3v) is 11.4. The molecule has 2 atom stereocenters. The fourth-order valence-corrected chi connectivity index (χ4v) is 7.41. The molecule has 5 aromatic carbocycles. The number of alkyl halides is 6. The standard InChI is InChI=1S/C46H36Cl4F6N8O6/c1-5-23-19-34(58-44(70)38(22(4)66)64-62-32-18-8-12-26(36(32)50)42(68)60-40-28(46(54,55)56)14-10-16-30(40)48)24(6-2)20-33(23)57-43(69)37(21(3)65)63-61-31-17-7-11-25(35(31)49)41(67)59-39-27(45(51,52)53)13-9-15-29(39)47/h7-20,37-38H,5-6H2,1-4H3,(H,57,69)(H,58,70)(H,59,67)(H,60,68). The van der Waals surface area contributed by atoms with Gasteiger partial charge in [0.1, 0.15) is 11.4 Å². The maximum absolute atomic E-state index is 13.7. The Morgan fingerprint density at radius 2 is 0.871 bits per heavy atom. The first-order valence-corrected chi connectivity index (χ1v) is 21.9. The highest BCUT2D eigenvalue weighted by Gasteiger charge is 2.36. The van der Waals surface area contributed by atoms with Crippen LogP contribution in [0.3, 0.4) is 0 Å². The average molecular weight is 1050 g/mol.